The number of anilines is 1. The Bertz CT molecular complexity index is 691. The zero-order chi connectivity index (χ0) is 17.9. The smallest absolute Gasteiger partial charge is 0.319 e. The molecule has 1 aliphatic heterocycles. The Balaban J connectivity index is 1.68. The maximum absolute atomic E-state index is 13.4. The quantitative estimate of drug-likeness (QED) is 0.650. The van der Waals surface area contributed by atoms with Crippen molar-refractivity contribution < 1.29 is 19.1 Å². The van der Waals surface area contributed by atoms with E-state index < -0.39 is 17.3 Å². The molecule has 1 aromatic carbocycles. The second-order valence-electron chi connectivity index (χ2n) is 6.84. The van der Waals surface area contributed by atoms with Gasteiger partial charge in [-0.25, -0.2) is 4.39 Å². The molecular formula is C19H23FN2O3. The Kier molecular flexibility index (Phi) is 5.06. The summed E-state index contributed by atoms with van der Waals surface area (Å²) in [5, 5.41) is 12.5. The fourth-order valence-electron chi connectivity index (χ4n) is 3.66. The monoisotopic (exact) mass is 346 g/mol. The lowest BCUT2D eigenvalue weighted by molar-refractivity contribution is -0.156. The second-order valence-corrected chi connectivity index (χ2v) is 6.84. The number of amides is 1. The molecule has 1 fully saturated rings. The number of piperidine rings is 1. The highest BCUT2D eigenvalue weighted by Gasteiger charge is 2.46. The first kappa shape index (κ1) is 17.5. The number of allylic oxidation sites excluding steroid dienone is 2. The van der Waals surface area contributed by atoms with E-state index in [9.17, 15) is 19.1 Å². The summed E-state index contributed by atoms with van der Waals surface area (Å²) in [7, 11) is 0. The van der Waals surface area contributed by atoms with Crippen molar-refractivity contribution in [2.24, 2.45) is 5.41 Å². The molecule has 1 aliphatic carbocycles. The zero-order valence-electron chi connectivity index (χ0n) is 14.1. The summed E-state index contributed by atoms with van der Waals surface area (Å²) in [5.41, 5.74) is -0.580. The van der Waals surface area contributed by atoms with Crippen molar-refractivity contribution in [2.75, 3.05) is 18.0 Å². The molecule has 0 spiro atoms. The topological polar surface area (TPSA) is 69.6 Å². The van der Waals surface area contributed by atoms with Gasteiger partial charge < -0.3 is 15.3 Å². The van der Waals surface area contributed by atoms with Gasteiger partial charge in [0.05, 0.1) is 0 Å². The van der Waals surface area contributed by atoms with Gasteiger partial charge in [0.15, 0.2) is 0 Å². The molecule has 1 heterocycles. The van der Waals surface area contributed by atoms with Gasteiger partial charge in [0.25, 0.3) is 0 Å². The lowest BCUT2D eigenvalue weighted by Gasteiger charge is -2.37. The molecule has 1 aromatic rings. The standard InChI is InChI=1S/C19H23FN2O3/c20-14-6-4-8-16(12-14)22-11-5-7-15(13-22)21-17(23)19(18(24)25)9-2-1-3-10-19/h1-2,4,6,8,12,15H,3,5,7,9-11,13H2,(H,21,23)(H,24,25). The van der Waals surface area contributed by atoms with E-state index in [4.69, 9.17) is 0 Å². The van der Waals surface area contributed by atoms with Gasteiger partial charge in [-0.2, -0.15) is 0 Å². The minimum absolute atomic E-state index is 0.133. The largest absolute Gasteiger partial charge is 0.480 e. The zero-order valence-corrected chi connectivity index (χ0v) is 14.1. The van der Waals surface area contributed by atoms with Gasteiger partial charge in [0.1, 0.15) is 11.2 Å². The molecule has 134 valence electrons. The minimum Gasteiger partial charge on any atom is -0.480 e. The molecule has 3 rings (SSSR count). The van der Waals surface area contributed by atoms with E-state index in [1.165, 1.54) is 12.1 Å². The van der Waals surface area contributed by atoms with Gasteiger partial charge in [-0.15, -0.1) is 0 Å². The molecule has 0 aromatic heterocycles. The highest BCUT2D eigenvalue weighted by molar-refractivity contribution is 6.02. The fraction of sp³-hybridized carbons (Fsp3) is 0.474. The van der Waals surface area contributed by atoms with Crippen LogP contribution in [0.2, 0.25) is 0 Å². The molecule has 1 amide bonds. The summed E-state index contributed by atoms with van der Waals surface area (Å²) < 4.78 is 13.4. The normalized spacial score (nSPS) is 26.3. The van der Waals surface area contributed by atoms with Crippen LogP contribution in [0.25, 0.3) is 0 Å². The van der Waals surface area contributed by atoms with E-state index >= 15 is 0 Å². The van der Waals surface area contributed by atoms with Crippen LogP contribution < -0.4 is 10.2 Å². The van der Waals surface area contributed by atoms with Crippen LogP contribution in [-0.4, -0.2) is 36.1 Å². The summed E-state index contributed by atoms with van der Waals surface area (Å²) in [6, 6.07) is 6.26. The predicted molar refractivity (Wildman–Crippen MR) is 92.8 cm³/mol. The molecule has 2 unspecified atom stereocenters. The highest BCUT2D eigenvalue weighted by Crippen LogP contribution is 2.34. The summed E-state index contributed by atoms with van der Waals surface area (Å²) in [6.45, 7) is 1.35. The maximum atomic E-state index is 13.4. The summed E-state index contributed by atoms with van der Waals surface area (Å²) >= 11 is 0. The number of benzene rings is 1. The number of nitrogens with one attached hydrogen (secondary N) is 1. The molecule has 0 bridgehead atoms. The number of hydrogen-bond donors (Lipinski definition) is 2. The van der Waals surface area contributed by atoms with Gasteiger partial charge in [0.2, 0.25) is 5.91 Å². The molecule has 0 saturated carbocycles. The van der Waals surface area contributed by atoms with E-state index in [1.54, 1.807) is 12.1 Å². The van der Waals surface area contributed by atoms with Crippen molar-refractivity contribution in [3.8, 4) is 0 Å². The van der Waals surface area contributed by atoms with Crippen molar-refractivity contribution in [3.63, 3.8) is 0 Å². The van der Waals surface area contributed by atoms with Crippen LogP contribution in [-0.2, 0) is 9.59 Å². The SMILES string of the molecule is O=C(O)C1(C(=O)NC2CCCN(c3cccc(F)c3)C2)CC=CCC1. The first-order valence-corrected chi connectivity index (χ1v) is 8.71. The number of rotatable bonds is 4. The molecule has 25 heavy (non-hydrogen) atoms. The van der Waals surface area contributed by atoms with Crippen LogP contribution in [0.1, 0.15) is 32.1 Å². The third-order valence-corrected chi connectivity index (χ3v) is 5.14. The summed E-state index contributed by atoms with van der Waals surface area (Å²) in [6.07, 6.45) is 6.50. The van der Waals surface area contributed by atoms with Gasteiger partial charge in [-0.3, -0.25) is 9.59 Å². The number of carboxylic acids is 1. The fourth-order valence-corrected chi connectivity index (χ4v) is 3.66. The average molecular weight is 346 g/mol. The summed E-state index contributed by atoms with van der Waals surface area (Å²) in [5.74, 6) is -1.76. The number of carboxylic acid groups (broad SMARTS) is 1. The molecule has 2 atom stereocenters. The van der Waals surface area contributed by atoms with Crippen molar-refractivity contribution in [1.29, 1.82) is 0 Å². The lowest BCUT2D eigenvalue weighted by atomic mass is 9.76. The third kappa shape index (κ3) is 3.67. The van der Waals surface area contributed by atoms with E-state index in [0.29, 0.717) is 19.4 Å². The molecular weight excluding hydrogens is 323 g/mol. The Hall–Kier alpha value is -2.37. The van der Waals surface area contributed by atoms with Crippen molar-refractivity contribution in [1.82, 2.24) is 5.32 Å². The van der Waals surface area contributed by atoms with Gasteiger partial charge in [-0.1, -0.05) is 18.2 Å². The van der Waals surface area contributed by atoms with Gasteiger partial charge in [-0.05, 0) is 50.3 Å². The Morgan fingerprint density at radius 1 is 1.32 bits per heavy atom. The number of nitrogens with zero attached hydrogens (tertiary/aromatic N) is 1. The molecule has 0 radical (unpaired) electrons. The molecule has 2 aliphatic rings. The van der Waals surface area contributed by atoms with E-state index in [1.807, 2.05) is 17.0 Å². The van der Waals surface area contributed by atoms with Crippen LogP contribution >= 0.6 is 0 Å². The summed E-state index contributed by atoms with van der Waals surface area (Å²) in [4.78, 5) is 26.5. The number of carbonyl (C=O) groups is 2. The van der Waals surface area contributed by atoms with E-state index in [-0.39, 0.29) is 18.3 Å². The van der Waals surface area contributed by atoms with Crippen molar-refractivity contribution in [2.45, 2.75) is 38.1 Å². The number of carbonyl (C=O) groups excluding carboxylic acids is 1. The Morgan fingerprint density at radius 3 is 2.84 bits per heavy atom. The average Bonchev–Trinajstić information content (AvgIpc) is 2.62. The number of halogens is 1. The van der Waals surface area contributed by atoms with E-state index in [2.05, 4.69) is 5.32 Å². The van der Waals surface area contributed by atoms with Gasteiger partial charge in [0, 0.05) is 24.8 Å². The van der Waals surface area contributed by atoms with Crippen LogP contribution in [0.4, 0.5) is 10.1 Å². The van der Waals surface area contributed by atoms with Crippen molar-refractivity contribution in [3.05, 3.63) is 42.2 Å². The predicted octanol–water partition coefficient (Wildman–Crippen LogP) is 2.72. The molecule has 6 heteroatoms. The first-order valence-electron chi connectivity index (χ1n) is 8.71. The number of aliphatic carboxylic acids is 1. The van der Waals surface area contributed by atoms with Crippen molar-refractivity contribution >= 4 is 17.6 Å². The Labute approximate surface area is 146 Å². The minimum atomic E-state index is -1.37. The lowest BCUT2D eigenvalue weighted by Crippen LogP contribution is -2.54. The molecule has 5 nitrogen and oxygen atoms in total. The van der Waals surface area contributed by atoms with Crippen LogP contribution in [0, 0.1) is 11.2 Å². The third-order valence-electron chi connectivity index (χ3n) is 5.14. The van der Waals surface area contributed by atoms with Crippen LogP contribution in [0.3, 0.4) is 0 Å². The maximum Gasteiger partial charge on any atom is 0.319 e. The number of hydrogen-bond acceptors (Lipinski definition) is 3. The molecule has 1 saturated heterocycles. The van der Waals surface area contributed by atoms with Crippen LogP contribution in [0.15, 0.2) is 36.4 Å². The second kappa shape index (κ2) is 7.25. The highest BCUT2D eigenvalue weighted by atomic mass is 19.1. The van der Waals surface area contributed by atoms with Crippen LogP contribution in [0.5, 0.6) is 0 Å². The Morgan fingerprint density at radius 2 is 2.16 bits per heavy atom. The first-order chi connectivity index (χ1) is 12.0. The molecule has 2 N–H and O–H groups in total. The van der Waals surface area contributed by atoms with Gasteiger partial charge >= 0.3 is 5.97 Å². The van der Waals surface area contributed by atoms with E-state index in [0.717, 1.165) is 25.1 Å².